The molecule has 1 amide bonds. The number of ether oxygens (including phenoxy) is 3. The van der Waals surface area contributed by atoms with E-state index in [2.05, 4.69) is 11.9 Å². The van der Waals surface area contributed by atoms with E-state index in [-0.39, 0.29) is 19.6 Å². The fourth-order valence-electron chi connectivity index (χ4n) is 2.29. The Balaban J connectivity index is 5.49. The van der Waals surface area contributed by atoms with E-state index in [1.165, 1.54) is 0 Å². The summed E-state index contributed by atoms with van der Waals surface area (Å²) in [6.07, 6.45) is 4.02. The Morgan fingerprint density at radius 1 is 0.962 bits per heavy atom. The van der Waals surface area contributed by atoms with E-state index in [0.717, 1.165) is 19.3 Å². The molecule has 0 radical (unpaired) electrons. The average Bonchev–Trinajstić information content (AvgIpc) is 2.52. The molecule has 0 spiro atoms. The Morgan fingerprint density at radius 2 is 1.50 bits per heavy atom. The first-order chi connectivity index (χ1) is 12.1. The lowest BCUT2D eigenvalue weighted by molar-refractivity contribution is -0.166. The molecule has 0 atom stereocenters. The fourth-order valence-corrected chi connectivity index (χ4v) is 2.29. The summed E-state index contributed by atoms with van der Waals surface area (Å²) in [7, 11) is 0. The lowest BCUT2D eigenvalue weighted by atomic mass is 9.91. The molecule has 0 unspecified atom stereocenters. The zero-order valence-corrected chi connectivity index (χ0v) is 16.7. The van der Waals surface area contributed by atoms with Crippen molar-refractivity contribution in [2.75, 3.05) is 13.2 Å². The highest BCUT2D eigenvalue weighted by Crippen LogP contribution is 2.22. The second-order valence-corrected chi connectivity index (χ2v) is 6.86. The highest BCUT2D eigenvalue weighted by Gasteiger charge is 2.50. The quantitative estimate of drug-likeness (QED) is 0.196. The summed E-state index contributed by atoms with van der Waals surface area (Å²) in [5.41, 5.74) is -2.69. The third-order valence-corrected chi connectivity index (χ3v) is 3.42. The molecule has 7 heteroatoms. The molecule has 0 rings (SSSR count). The van der Waals surface area contributed by atoms with Gasteiger partial charge in [-0.05, 0) is 60.3 Å². The predicted molar refractivity (Wildman–Crippen MR) is 98.6 cm³/mol. The number of carbonyl (C=O) groups is 3. The van der Waals surface area contributed by atoms with Crippen LogP contribution in [0.3, 0.4) is 0 Å². The highest BCUT2D eigenvalue weighted by molar-refractivity contribution is 6.07. The summed E-state index contributed by atoms with van der Waals surface area (Å²) in [4.78, 5) is 37.5. The summed E-state index contributed by atoms with van der Waals surface area (Å²) >= 11 is 0. The smallest absolute Gasteiger partial charge is 0.409 e. The van der Waals surface area contributed by atoms with Gasteiger partial charge in [0.05, 0.1) is 13.2 Å². The van der Waals surface area contributed by atoms with Crippen LogP contribution in [0.15, 0.2) is 12.7 Å². The van der Waals surface area contributed by atoms with Crippen LogP contribution < -0.4 is 5.32 Å². The lowest BCUT2D eigenvalue weighted by Crippen LogP contribution is -2.62. The molecule has 0 aliphatic rings. The van der Waals surface area contributed by atoms with Crippen LogP contribution in [0.4, 0.5) is 4.79 Å². The summed E-state index contributed by atoms with van der Waals surface area (Å²) in [5, 5.41) is 2.42. The van der Waals surface area contributed by atoms with Crippen molar-refractivity contribution in [1.82, 2.24) is 5.32 Å². The first-order valence-electron chi connectivity index (χ1n) is 9.09. The van der Waals surface area contributed by atoms with Gasteiger partial charge in [0.1, 0.15) is 5.60 Å². The lowest BCUT2D eigenvalue weighted by Gasteiger charge is -2.31. The number of allylic oxidation sites excluding steroid dienone is 1. The first-order valence-corrected chi connectivity index (χ1v) is 9.09. The van der Waals surface area contributed by atoms with Gasteiger partial charge in [-0.1, -0.05) is 12.5 Å². The molecule has 0 saturated carbocycles. The predicted octanol–water partition coefficient (Wildman–Crippen LogP) is 3.51. The van der Waals surface area contributed by atoms with E-state index < -0.39 is 29.2 Å². The first kappa shape index (κ1) is 23.9. The Kier molecular flexibility index (Phi) is 10.6. The van der Waals surface area contributed by atoms with Gasteiger partial charge in [-0.15, -0.1) is 6.58 Å². The summed E-state index contributed by atoms with van der Waals surface area (Å²) in [6.45, 7) is 12.2. The van der Waals surface area contributed by atoms with Crippen LogP contribution in [0.1, 0.15) is 66.7 Å². The van der Waals surface area contributed by atoms with E-state index in [4.69, 9.17) is 14.2 Å². The SMILES string of the molecule is C=CCCCCCC(NC(=O)OC(C)(C)C)(C(=O)OCC)C(=O)OCC. The second-order valence-electron chi connectivity index (χ2n) is 6.86. The molecule has 1 N–H and O–H groups in total. The van der Waals surface area contributed by atoms with Gasteiger partial charge in [0.2, 0.25) is 5.54 Å². The molecule has 150 valence electrons. The largest absolute Gasteiger partial charge is 0.464 e. The molecular formula is C19H33NO6. The fraction of sp³-hybridized carbons (Fsp3) is 0.737. The van der Waals surface area contributed by atoms with Crippen LogP contribution in [0.2, 0.25) is 0 Å². The van der Waals surface area contributed by atoms with E-state index in [1.807, 2.05) is 6.08 Å². The Hall–Kier alpha value is -2.05. The van der Waals surface area contributed by atoms with E-state index in [9.17, 15) is 14.4 Å². The molecule has 0 saturated heterocycles. The zero-order valence-electron chi connectivity index (χ0n) is 16.7. The minimum absolute atomic E-state index is 0.0705. The van der Waals surface area contributed by atoms with Gasteiger partial charge in [-0.25, -0.2) is 14.4 Å². The zero-order chi connectivity index (χ0) is 20.2. The van der Waals surface area contributed by atoms with Crippen molar-refractivity contribution in [1.29, 1.82) is 0 Å². The van der Waals surface area contributed by atoms with Gasteiger partial charge in [0, 0.05) is 0 Å². The van der Waals surface area contributed by atoms with Gasteiger partial charge < -0.3 is 14.2 Å². The molecule has 0 heterocycles. The molecular weight excluding hydrogens is 338 g/mol. The number of esters is 2. The second kappa shape index (κ2) is 11.5. The average molecular weight is 371 g/mol. The van der Waals surface area contributed by atoms with E-state index in [1.54, 1.807) is 34.6 Å². The van der Waals surface area contributed by atoms with Crippen LogP contribution in [0.5, 0.6) is 0 Å². The van der Waals surface area contributed by atoms with Gasteiger partial charge in [-0.2, -0.15) is 0 Å². The standard InChI is InChI=1S/C19H33NO6/c1-7-10-11-12-13-14-19(15(21)24-8-2,16(22)25-9-3)20-17(23)26-18(4,5)6/h7H,1,8-14H2,2-6H3,(H,20,23). The van der Waals surface area contributed by atoms with Gasteiger partial charge in [0.25, 0.3) is 0 Å². The molecule has 0 aliphatic carbocycles. The number of hydrogen-bond donors (Lipinski definition) is 1. The van der Waals surface area contributed by atoms with Crippen molar-refractivity contribution >= 4 is 18.0 Å². The number of nitrogens with one attached hydrogen (secondary N) is 1. The van der Waals surface area contributed by atoms with Crippen molar-refractivity contribution in [3.63, 3.8) is 0 Å². The van der Waals surface area contributed by atoms with Crippen molar-refractivity contribution in [3.8, 4) is 0 Å². The van der Waals surface area contributed by atoms with Crippen LogP contribution in [0, 0.1) is 0 Å². The van der Waals surface area contributed by atoms with Gasteiger partial charge in [-0.3, -0.25) is 5.32 Å². The molecule has 0 fully saturated rings. The maximum absolute atomic E-state index is 12.6. The third kappa shape index (κ3) is 8.36. The molecule has 0 aromatic rings. The number of alkyl carbamates (subject to hydrolysis) is 1. The number of carbonyl (C=O) groups excluding carboxylic acids is 3. The minimum atomic E-state index is -1.91. The van der Waals surface area contributed by atoms with Crippen LogP contribution in [0.25, 0.3) is 0 Å². The molecule has 0 bridgehead atoms. The van der Waals surface area contributed by atoms with Crippen molar-refractivity contribution in [2.45, 2.75) is 77.9 Å². The number of rotatable bonds is 11. The third-order valence-electron chi connectivity index (χ3n) is 3.42. The van der Waals surface area contributed by atoms with Crippen molar-refractivity contribution < 1.29 is 28.6 Å². The minimum Gasteiger partial charge on any atom is -0.464 e. The number of hydrogen-bond acceptors (Lipinski definition) is 6. The summed E-state index contributed by atoms with van der Waals surface area (Å²) in [5.74, 6) is -1.68. The number of amides is 1. The molecule has 0 aromatic heterocycles. The van der Waals surface area contributed by atoms with Crippen molar-refractivity contribution in [3.05, 3.63) is 12.7 Å². The normalized spacial score (nSPS) is 11.4. The van der Waals surface area contributed by atoms with Gasteiger partial charge >= 0.3 is 18.0 Å². The van der Waals surface area contributed by atoms with Crippen LogP contribution in [-0.2, 0) is 23.8 Å². The van der Waals surface area contributed by atoms with Gasteiger partial charge in [0.15, 0.2) is 0 Å². The van der Waals surface area contributed by atoms with Crippen LogP contribution >= 0.6 is 0 Å². The molecule has 0 aromatic carbocycles. The Bertz CT molecular complexity index is 463. The number of unbranched alkanes of at least 4 members (excludes halogenated alkanes) is 3. The summed E-state index contributed by atoms with van der Waals surface area (Å²) < 4.78 is 15.3. The topological polar surface area (TPSA) is 90.9 Å². The summed E-state index contributed by atoms with van der Waals surface area (Å²) in [6, 6.07) is 0. The van der Waals surface area contributed by atoms with E-state index in [0.29, 0.717) is 6.42 Å². The maximum Gasteiger partial charge on any atom is 0.409 e. The molecule has 26 heavy (non-hydrogen) atoms. The molecule has 0 aliphatic heterocycles. The monoisotopic (exact) mass is 371 g/mol. The van der Waals surface area contributed by atoms with Crippen molar-refractivity contribution in [2.24, 2.45) is 0 Å². The molecule has 7 nitrogen and oxygen atoms in total. The van der Waals surface area contributed by atoms with E-state index >= 15 is 0 Å². The Morgan fingerprint density at radius 3 is 1.92 bits per heavy atom. The van der Waals surface area contributed by atoms with Crippen LogP contribution in [-0.4, -0.2) is 42.4 Å². The Labute approximate surface area is 156 Å². The maximum atomic E-state index is 12.6. The highest BCUT2D eigenvalue weighted by atomic mass is 16.6.